The Hall–Kier alpha value is -1.34. The molecule has 0 aliphatic carbocycles. The molecule has 1 saturated heterocycles. The van der Waals surface area contributed by atoms with E-state index in [2.05, 4.69) is 10.5 Å². The molecule has 1 rings (SSSR count). The van der Waals surface area contributed by atoms with Crippen LogP contribution in [0.1, 0.15) is 6.42 Å². The van der Waals surface area contributed by atoms with Crippen molar-refractivity contribution in [3.8, 4) is 0 Å². The summed E-state index contributed by atoms with van der Waals surface area (Å²) < 4.78 is 4.58. The summed E-state index contributed by atoms with van der Waals surface area (Å²) in [6.45, 7) is -0.526. The van der Waals surface area contributed by atoms with Crippen LogP contribution in [0, 0.1) is 0 Å². The van der Waals surface area contributed by atoms with Crippen molar-refractivity contribution in [2.45, 2.75) is 43.2 Å². The predicted octanol–water partition coefficient (Wildman–Crippen LogP) is -4.95. The van der Waals surface area contributed by atoms with Gasteiger partial charge in [-0.05, 0) is 0 Å². The Balaban J connectivity index is 0.000000400. The predicted molar refractivity (Wildman–Crippen MR) is 65.4 cm³/mol. The number of amides is 1. The van der Waals surface area contributed by atoms with Crippen LogP contribution in [0.2, 0.25) is 0 Å². The Morgan fingerprint density at radius 3 is 1.95 bits per heavy atom. The Morgan fingerprint density at radius 1 is 1.10 bits per heavy atom. The van der Waals surface area contributed by atoms with Gasteiger partial charge in [0.05, 0.1) is 13.0 Å². The maximum atomic E-state index is 9.99. The molecular weight excluding hydrogens is 292 g/mol. The van der Waals surface area contributed by atoms with E-state index in [0.717, 1.165) is 0 Å². The summed E-state index contributed by atoms with van der Waals surface area (Å²) in [5.41, 5.74) is 9.57. The minimum Gasteiger partial charge on any atom is -0.480 e. The lowest BCUT2D eigenvalue weighted by atomic mass is 10.00. The van der Waals surface area contributed by atoms with E-state index in [-0.39, 0.29) is 6.42 Å². The van der Waals surface area contributed by atoms with Gasteiger partial charge in [0.1, 0.15) is 30.5 Å². The maximum absolute atomic E-state index is 9.99. The fourth-order valence-electron chi connectivity index (χ4n) is 1.39. The second-order valence-corrected chi connectivity index (χ2v) is 4.33. The molecule has 0 aromatic rings. The molecule has 1 heterocycles. The van der Waals surface area contributed by atoms with Crippen LogP contribution < -0.4 is 11.5 Å². The number of hydrogen-bond donors (Lipinski definition) is 8. The molecule has 11 heteroatoms. The van der Waals surface area contributed by atoms with Gasteiger partial charge in [-0.1, -0.05) is 0 Å². The number of carboxylic acid groups (broad SMARTS) is 1. The third-order valence-electron chi connectivity index (χ3n) is 2.61. The number of nitrogens with two attached hydrogens (primary N) is 2. The van der Waals surface area contributed by atoms with Gasteiger partial charge < -0.3 is 46.8 Å². The average molecular weight is 312 g/mol. The zero-order valence-corrected chi connectivity index (χ0v) is 10.9. The number of rotatable bonds is 4. The van der Waals surface area contributed by atoms with Crippen LogP contribution in [-0.4, -0.2) is 85.9 Å². The number of aliphatic hydroxyl groups is 5. The normalized spacial score (nSPS) is 33.5. The van der Waals surface area contributed by atoms with E-state index in [0.29, 0.717) is 0 Å². The van der Waals surface area contributed by atoms with E-state index >= 15 is 0 Å². The number of ether oxygens (including phenoxy) is 1. The molecule has 0 spiro atoms. The standard InChI is InChI=1S/C6H12O6.C4H8N2O3/c7-1-2-3(8)4(9)5(10)6(11)12-2;5-2(4(8)9)1-3(6)7/h2-11H,1H2;2H,1,5H2,(H2,6,7)(H,8,9)/t2-,3-,4+,5-,6?;/m1./s1. The van der Waals surface area contributed by atoms with Crippen molar-refractivity contribution in [3.05, 3.63) is 0 Å². The number of carbonyl (C=O) groups is 2. The molecule has 0 aromatic heterocycles. The largest absolute Gasteiger partial charge is 0.480 e. The van der Waals surface area contributed by atoms with E-state index in [9.17, 15) is 9.59 Å². The average Bonchev–Trinajstić information content (AvgIpc) is 2.40. The zero-order chi connectivity index (χ0) is 16.7. The van der Waals surface area contributed by atoms with Crippen molar-refractivity contribution < 1.29 is 45.0 Å². The third kappa shape index (κ3) is 6.31. The monoisotopic (exact) mass is 312 g/mol. The summed E-state index contributed by atoms with van der Waals surface area (Å²) >= 11 is 0. The fourth-order valence-corrected chi connectivity index (χ4v) is 1.39. The maximum Gasteiger partial charge on any atom is 0.321 e. The fraction of sp³-hybridized carbons (Fsp3) is 0.800. The minimum atomic E-state index is -1.57. The summed E-state index contributed by atoms with van der Waals surface area (Å²) in [4.78, 5) is 19.9. The summed E-state index contributed by atoms with van der Waals surface area (Å²) in [6, 6.07) is -1.16. The van der Waals surface area contributed by atoms with Crippen LogP contribution in [0.5, 0.6) is 0 Å². The molecule has 1 aliphatic rings. The van der Waals surface area contributed by atoms with Gasteiger partial charge in [-0.15, -0.1) is 0 Å². The summed E-state index contributed by atoms with van der Waals surface area (Å²) in [7, 11) is 0. The summed E-state index contributed by atoms with van der Waals surface area (Å²) in [6.07, 6.45) is -7.35. The van der Waals surface area contributed by atoms with Crippen LogP contribution in [0.15, 0.2) is 0 Å². The molecule has 1 amide bonds. The molecule has 21 heavy (non-hydrogen) atoms. The van der Waals surface area contributed by atoms with Crippen molar-refractivity contribution in [2.24, 2.45) is 11.5 Å². The molecule has 0 aromatic carbocycles. The van der Waals surface area contributed by atoms with E-state index in [1.807, 2.05) is 0 Å². The molecule has 124 valence electrons. The molecule has 2 unspecified atom stereocenters. The molecule has 1 fully saturated rings. The molecular formula is C10H20N2O9. The number of primary amides is 1. The van der Waals surface area contributed by atoms with Gasteiger partial charge in [-0.2, -0.15) is 0 Å². The Kier molecular flexibility index (Phi) is 8.27. The van der Waals surface area contributed by atoms with Crippen LogP contribution in [0.3, 0.4) is 0 Å². The zero-order valence-electron chi connectivity index (χ0n) is 10.9. The Bertz CT molecular complexity index is 349. The summed E-state index contributed by atoms with van der Waals surface area (Å²) in [5.74, 6) is -1.92. The van der Waals surface area contributed by atoms with Gasteiger partial charge in [0.25, 0.3) is 0 Å². The third-order valence-corrected chi connectivity index (χ3v) is 2.61. The van der Waals surface area contributed by atoms with Gasteiger partial charge in [0.15, 0.2) is 6.29 Å². The van der Waals surface area contributed by atoms with Crippen LogP contribution in [0.25, 0.3) is 0 Å². The van der Waals surface area contributed by atoms with Gasteiger partial charge in [-0.3, -0.25) is 9.59 Å². The Morgan fingerprint density at radius 2 is 1.62 bits per heavy atom. The van der Waals surface area contributed by atoms with Crippen LogP contribution in [0.4, 0.5) is 0 Å². The Labute approximate surface area is 119 Å². The number of carbonyl (C=O) groups excluding carboxylic acids is 1. The lowest BCUT2D eigenvalue weighted by molar-refractivity contribution is -0.286. The first-order valence-corrected chi connectivity index (χ1v) is 5.87. The lowest BCUT2D eigenvalue weighted by Crippen LogP contribution is -2.58. The number of carboxylic acids is 1. The van der Waals surface area contributed by atoms with E-state index in [1.165, 1.54) is 0 Å². The van der Waals surface area contributed by atoms with Gasteiger partial charge in [0.2, 0.25) is 5.91 Å². The second kappa shape index (κ2) is 8.84. The van der Waals surface area contributed by atoms with Crippen LogP contribution >= 0.6 is 0 Å². The highest BCUT2D eigenvalue weighted by Gasteiger charge is 2.42. The van der Waals surface area contributed by atoms with Crippen molar-refractivity contribution in [1.82, 2.24) is 0 Å². The van der Waals surface area contributed by atoms with Crippen molar-refractivity contribution >= 4 is 11.9 Å². The molecule has 0 radical (unpaired) electrons. The van der Waals surface area contributed by atoms with E-state index < -0.39 is 55.2 Å². The number of aliphatic hydroxyl groups excluding tert-OH is 5. The SMILES string of the molecule is NC(=O)CC(N)C(=O)O.OC[C@H]1OC(O)[C@H](O)[C@@H](O)[C@@H]1O. The first-order chi connectivity index (χ1) is 9.61. The highest BCUT2D eigenvalue weighted by Crippen LogP contribution is 2.18. The molecule has 1 aliphatic heterocycles. The van der Waals surface area contributed by atoms with E-state index in [1.54, 1.807) is 0 Å². The van der Waals surface area contributed by atoms with Crippen LogP contribution in [-0.2, 0) is 14.3 Å². The number of hydrogen-bond acceptors (Lipinski definition) is 9. The van der Waals surface area contributed by atoms with E-state index in [4.69, 9.17) is 36.4 Å². The van der Waals surface area contributed by atoms with Crippen molar-refractivity contribution in [1.29, 1.82) is 0 Å². The first-order valence-electron chi connectivity index (χ1n) is 5.87. The highest BCUT2D eigenvalue weighted by molar-refractivity contribution is 5.83. The second-order valence-electron chi connectivity index (χ2n) is 4.33. The quantitative estimate of drug-likeness (QED) is 0.247. The summed E-state index contributed by atoms with van der Waals surface area (Å²) in [5, 5.41) is 52.8. The van der Waals surface area contributed by atoms with Gasteiger partial charge in [0, 0.05) is 0 Å². The topological polar surface area (TPSA) is 217 Å². The highest BCUT2D eigenvalue weighted by atomic mass is 16.6. The van der Waals surface area contributed by atoms with Gasteiger partial charge >= 0.3 is 5.97 Å². The lowest BCUT2D eigenvalue weighted by Gasteiger charge is -2.37. The number of aliphatic carboxylic acids is 1. The molecule has 0 saturated carbocycles. The molecule has 11 nitrogen and oxygen atoms in total. The van der Waals surface area contributed by atoms with Crippen molar-refractivity contribution in [2.75, 3.05) is 6.61 Å². The molecule has 0 bridgehead atoms. The molecule has 6 atom stereocenters. The van der Waals surface area contributed by atoms with Gasteiger partial charge in [-0.25, -0.2) is 0 Å². The minimum absolute atomic E-state index is 0.310. The smallest absolute Gasteiger partial charge is 0.321 e. The van der Waals surface area contributed by atoms with Crippen molar-refractivity contribution in [3.63, 3.8) is 0 Å². The first kappa shape index (κ1) is 19.7. The molecule has 10 N–H and O–H groups in total.